The summed E-state index contributed by atoms with van der Waals surface area (Å²) in [6.45, 7) is 9.39. The zero-order valence-corrected chi connectivity index (χ0v) is 18.2. The van der Waals surface area contributed by atoms with Crippen LogP contribution in [0.4, 0.5) is 0 Å². The zero-order chi connectivity index (χ0) is 20.5. The summed E-state index contributed by atoms with van der Waals surface area (Å²) >= 11 is 0. The van der Waals surface area contributed by atoms with Crippen molar-refractivity contribution in [2.24, 2.45) is 12.0 Å². The summed E-state index contributed by atoms with van der Waals surface area (Å²) in [5.41, 5.74) is 4.83. The van der Waals surface area contributed by atoms with Gasteiger partial charge in [0.15, 0.2) is 5.96 Å². The molecule has 6 nitrogen and oxygen atoms in total. The molecule has 0 aliphatic rings. The van der Waals surface area contributed by atoms with Gasteiger partial charge in [-0.3, -0.25) is 9.67 Å². The van der Waals surface area contributed by atoms with Crippen LogP contribution < -0.4 is 5.32 Å². The molecular formula is C22H35N5O. The molecule has 0 unspecified atom stereocenters. The van der Waals surface area contributed by atoms with E-state index in [1.165, 1.54) is 16.7 Å². The number of aryl methyl sites for hydroxylation is 1. The lowest BCUT2D eigenvalue weighted by Crippen LogP contribution is -2.38. The van der Waals surface area contributed by atoms with Gasteiger partial charge in [0, 0.05) is 52.6 Å². The number of nitrogens with one attached hydrogen (secondary N) is 1. The van der Waals surface area contributed by atoms with Crippen LogP contribution in [0.15, 0.2) is 35.5 Å². The number of rotatable bonds is 9. The van der Waals surface area contributed by atoms with Crippen LogP contribution in [0.3, 0.4) is 0 Å². The monoisotopic (exact) mass is 385 g/mol. The van der Waals surface area contributed by atoms with E-state index in [-0.39, 0.29) is 0 Å². The van der Waals surface area contributed by atoms with Crippen LogP contribution in [-0.4, -0.2) is 41.3 Å². The number of benzene rings is 1. The molecule has 1 aromatic carbocycles. The lowest BCUT2D eigenvalue weighted by atomic mass is 10.1. The quantitative estimate of drug-likeness (QED) is 0.406. The normalized spacial score (nSPS) is 11.9. The van der Waals surface area contributed by atoms with Gasteiger partial charge in [-0.05, 0) is 23.5 Å². The summed E-state index contributed by atoms with van der Waals surface area (Å²) in [4.78, 5) is 6.60. The van der Waals surface area contributed by atoms with Crippen molar-refractivity contribution in [1.29, 1.82) is 0 Å². The van der Waals surface area contributed by atoms with Gasteiger partial charge in [0.05, 0.1) is 12.3 Å². The van der Waals surface area contributed by atoms with Crippen LogP contribution in [0.5, 0.6) is 0 Å². The van der Waals surface area contributed by atoms with Crippen LogP contribution in [-0.2, 0) is 31.5 Å². The lowest BCUT2D eigenvalue weighted by molar-refractivity contribution is 0.121. The number of hydrogen-bond acceptors (Lipinski definition) is 3. The van der Waals surface area contributed by atoms with Crippen molar-refractivity contribution >= 4 is 5.96 Å². The molecule has 0 saturated heterocycles. The molecule has 0 aliphatic heterocycles. The fourth-order valence-electron chi connectivity index (χ4n) is 3.25. The van der Waals surface area contributed by atoms with Crippen LogP contribution in [0.2, 0.25) is 0 Å². The Morgan fingerprint density at radius 1 is 1.25 bits per heavy atom. The van der Waals surface area contributed by atoms with Gasteiger partial charge in [0.2, 0.25) is 0 Å². The fourth-order valence-corrected chi connectivity index (χ4v) is 3.25. The summed E-state index contributed by atoms with van der Waals surface area (Å²) in [5.74, 6) is 1.26. The smallest absolute Gasteiger partial charge is 0.193 e. The zero-order valence-electron chi connectivity index (χ0n) is 18.2. The standard InChI is InChI=1S/C22H35N5O/c1-7-12-28-16-19-11-9-8-10-18(19)13-24-22(23-4)26(5)14-20-15-27(6)25-21(20)17(2)3/h8-11,15,17H,7,12-14,16H2,1-6H3,(H,23,24). The molecule has 0 spiro atoms. The minimum Gasteiger partial charge on any atom is -0.377 e. The summed E-state index contributed by atoms with van der Waals surface area (Å²) < 4.78 is 7.62. The van der Waals surface area contributed by atoms with Gasteiger partial charge in [0.1, 0.15) is 0 Å². The lowest BCUT2D eigenvalue weighted by Gasteiger charge is -2.23. The van der Waals surface area contributed by atoms with Crippen molar-refractivity contribution in [2.75, 3.05) is 20.7 Å². The Morgan fingerprint density at radius 3 is 2.61 bits per heavy atom. The van der Waals surface area contributed by atoms with Crippen molar-refractivity contribution in [3.05, 3.63) is 52.8 Å². The van der Waals surface area contributed by atoms with Crippen LogP contribution in [0, 0.1) is 0 Å². The van der Waals surface area contributed by atoms with E-state index >= 15 is 0 Å². The number of guanidine groups is 1. The van der Waals surface area contributed by atoms with E-state index in [2.05, 4.69) is 78.6 Å². The second-order valence-electron chi connectivity index (χ2n) is 7.45. The van der Waals surface area contributed by atoms with Crippen LogP contribution in [0.1, 0.15) is 55.5 Å². The van der Waals surface area contributed by atoms with E-state index in [0.717, 1.165) is 31.2 Å². The molecule has 0 atom stereocenters. The second-order valence-corrected chi connectivity index (χ2v) is 7.45. The van der Waals surface area contributed by atoms with Gasteiger partial charge in [-0.25, -0.2) is 0 Å². The van der Waals surface area contributed by atoms with Crippen LogP contribution >= 0.6 is 0 Å². The van der Waals surface area contributed by atoms with Gasteiger partial charge in [-0.1, -0.05) is 45.0 Å². The van der Waals surface area contributed by atoms with Crippen molar-refractivity contribution in [1.82, 2.24) is 20.0 Å². The molecule has 154 valence electrons. The maximum atomic E-state index is 5.73. The molecule has 1 heterocycles. The predicted octanol–water partition coefficient (Wildman–Crippen LogP) is 3.68. The molecule has 2 aromatic rings. The van der Waals surface area contributed by atoms with Crippen molar-refractivity contribution in [3.8, 4) is 0 Å². The third-order valence-corrected chi connectivity index (χ3v) is 4.63. The fraction of sp³-hybridized carbons (Fsp3) is 0.545. The Morgan fingerprint density at radius 2 is 1.96 bits per heavy atom. The second kappa shape index (κ2) is 10.9. The van der Waals surface area contributed by atoms with Crippen molar-refractivity contribution in [3.63, 3.8) is 0 Å². The Hall–Kier alpha value is -2.34. The SMILES string of the molecule is CCCOCc1ccccc1CNC(=NC)N(C)Cc1cn(C)nc1C(C)C. The topological polar surface area (TPSA) is 54.7 Å². The first-order valence-electron chi connectivity index (χ1n) is 10.0. The third kappa shape index (κ3) is 6.09. The van der Waals surface area contributed by atoms with E-state index in [1.54, 1.807) is 0 Å². The van der Waals surface area contributed by atoms with E-state index in [1.807, 2.05) is 18.8 Å². The van der Waals surface area contributed by atoms with Gasteiger partial charge < -0.3 is 15.0 Å². The number of nitrogens with zero attached hydrogens (tertiary/aromatic N) is 4. The number of aliphatic imine (C=N–C) groups is 1. The Balaban J connectivity index is 2.01. The molecule has 0 aliphatic carbocycles. The Kier molecular flexibility index (Phi) is 8.51. The minimum absolute atomic E-state index is 0.398. The first kappa shape index (κ1) is 22.0. The Bertz CT molecular complexity index is 766. The molecule has 28 heavy (non-hydrogen) atoms. The molecule has 1 aromatic heterocycles. The number of aromatic nitrogens is 2. The number of hydrogen-bond donors (Lipinski definition) is 1. The predicted molar refractivity (Wildman–Crippen MR) is 115 cm³/mol. The molecular weight excluding hydrogens is 350 g/mol. The first-order chi connectivity index (χ1) is 13.5. The highest BCUT2D eigenvalue weighted by atomic mass is 16.5. The summed E-state index contributed by atoms with van der Waals surface area (Å²) in [6, 6.07) is 8.40. The van der Waals surface area contributed by atoms with Gasteiger partial charge in [0.25, 0.3) is 0 Å². The third-order valence-electron chi connectivity index (χ3n) is 4.63. The average molecular weight is 386 g/mol. The highest BCUT2D eigenvalue weighted by molar-refractivity contribution is 5.79. The first-order valence-corrected chi connectivity index (χ1v) is 10.0. The molecule has 2 rings (SSSR count). The Labute approximate surface area is 169 Å². The van der Waals surface area contributed by atoms with E-state index in [0.29, 0.717) is 19.1 Å². The molecule has 0 fully saturated rings. The van der Waals surface area contributed by atoms with Gasteiger partial charge in [-0.2, -0.15) is 5.10 Å². The van der Waals surface area contributed by atoms with Gasteiger partial charge >= 0.3 is 0 Å². The molecule has 1 N–H and O–H groups in total. The highest BCUT2D eigenvalue weighted by Crippen LogP contribution is 2.18. The summed E-state index contributed by atoms with van der Waals surface area (Å²) in [7, 11) is 5.85. The van der Waals surface area contributed by atoms with Crippen molar-refractivity contribution in [2.45, 2.75) is 52.8 Å². The van der Waals surface area contributed by atoms with Crippen LogP contribution in [0.25, 0.3) is 0 Å². The van der Waals surface area contributed by atoms with E-state index < -0.39 is 0 Å². The largest absolute Gasteiger partial charge is 0.377 e. The highest BCUT2D eigenvalue weighted by Gasteiger charge is 2.15. The molecule has 0 bridgehead atoms. The van der Waals surface area contributed by atoms with Crippen molar-refractivity contribution < 1.29 is 4.74 Å². The number of ether oxygens (including phenoxy) is 1. The van der Waals surface area contributed by atoms with E-state index in [4.69, 9.17) is 4.74 Å². The van der Waals surface area contributed by atoms with E-state index in [9.17, 15) is 0 Å². The molecule has 0 amide bonds. The molecule has 0 saturated carbocycles. The average Bonchev–Trinajstić information content (AvgIpc) is 3.04. The molecule has 0 radical (unpaired) electrons. The van der Waals surface area contributed by atoms with Gasteiger partial charge in [-0.15, -0.1) is 0 Å². The maximum absolute atomic E-state index is 5.73. The summed E-state index contributed by atoms with van der Waals surface area (Å²) in [5, 5.41) is 8.09. The summed E-state index contributed by atoms with van der Waals surface area (Å²) in [6.07, 6.45) is 3.13. The molecule has 6 heteroatoms. The maximum Gasteiger partial charge on any atom is 0.193 e. The minimum atomic E-state index is 0.398.